The Morgan fingerprint density at radius 3 is 2.69 bits per heavy atom. The van der Waals surface area contributed by atoms with Gasteiger partial charge in [-0.3, -0.25) is 9.48 Å². The Bertz CT molecular complexity index is 1110. The van der Waals surface area contributed by atoms with Crippen molar-refractivity contribution in [1.82, 2.24) is 9.78 Å². The third kappa shape index (κ3) is 4.16. The van der Waals surface area contributed by atoms with Gasteiger partial charge in [-0.15, -0.1) is 11.8 Å². The Hall–Kier alpha value is -2.37. The van der Waals surface area contributed by atoms with Crippen molar-refractivity contribution in [1.29, 1.82) is 0 Å². The van der Waals surface area contributed by atoms with Crippen LogP contribution in [-0.4, -0.2) is 28.8 Å². The summed E-state index contributed by atoms with van der Waals surface area (Å²) in [6.07, 6.45) is 3.41. The van der Waals surface area contributed by atoms with Crippen LogP contribution in [-0.2, 0) is 18.2 Å². The fourth-order valence-corrected chi connectivity index (χ4v) is 6.46. The summed E-state index contributed by atoms with van der Waals surface area (Å²) in [6.45, 7) is 3.81. The van der Waals surface area contributed by atoms with E-state index < -0.39 is 0 Å². The van der Waals surface area contributed by atoms with Gasteiger partial charge >= 0.3 is 0 Å². The zero-order valence-electron chi connectivity index (χ0n) is 18.8. The van der Waals surface area contributed by atoms with E-state index in [4.69, 9.17) is 9.84 Å². The van der Waals surface area contributed by atoms with Crippen molar-refractivity contribution in [3.63, 3.8) is 0 Å². The van der Waals surface area contributed by atoms with E-state index in [0.29, 0.717) is 24.0 Å². The molecule has 0 spiro atoms. The fourth-order valence-electron chi connectivity index (χ4n) is 5.08. The topological polar surface area (TPSA) is 44.1 Å². The summed E-state index contributed by atoms with van der Waals surface area (Å²) in [6, 6.07) is 19.1. The van der Waals surface area contributed by atoms with Gasteiger partial charge in [0.25, 0.3) is 0 Å². The minimum Gasteiger partial charge on any atom is -0.381 e. The number of rotatable bonds is 5. The normalized spacial score (nSPS) is 22.6. The Morgan fingerprint density at radius 2 is 1.84 bits per heavy atom. The smallest absolute Gasteiger partial charge is 0.183 e. The van der Waals surface area contributed by atoms with E-state index in [0.717, 1.165) is 43.7 Å². The monoisotopic (exact) mass is 446 g/mol. The Labute approximate surface area is 194 Å². The number of nitrogens with zero attached hydrogens (tertiary/aromatic N) is 2. The van der Waals surface area contributed by atoms with E-state index in [2.05, 4.69) is 61.5 Å². The zero-order chi connectivity index (χ0) is 22.1. The molecular formula is C27H30N2O2S. The van der Waals surface area contributed by atoms with E-state index in [1.807, 2.05) is 23.5 Å². The number of ether oxygens (including phenoxy) is 1. The summed E-state index contributed by atoms with van der Waals surface area (Å²) in [5.74, 6) is 1.04. The highest BCUT2D eigenvalue weighted by atomic mass is 32.2. The quantitative estimate of drug-likeness (QED) is 0.443. The van der Waals surface area contributed by atoms with Crippen LogP contribution in [0.4, 0.5) is 0 Å². The van der Waals surface area contributed by atoms with Gasteiger partial charge in [0.1, 0.15) is 5.69 Å². The van der Waals surface area contributed by atoms with Crippen molar-refractivity contribution >= 4 is 17.5 Å². The van der Waals surface area contributed by atoms with Gasteiger partial charge in [0.05, 0.1) is 5.69 Å². The van der Waals surface area contributed by atoms with Crippen LogP contribution in [0.2, 0.25) is 0 Å². The van der Waals surface area contributed by atoms with Crippen LogP contribution in [0.25, 0.3) is 11.3 Å². The minimum atomic E-state index is 0.171. The van der Waals surface area contributed by atoms with E-state index in [9.17, 15) is 4.79 Å². The lowest BCUT2D eigenvalue weighted by atomic mass is 9.84. The van der Waals surface area contributed by atoms with E-state index in [1.165, 1.54) is 16.0 Å². The van der Waals surface area contributed by atoms with E-state index in [-0.39, 0.29) is 11.0 Å². The molecule has 0 amide bonds. The number of thioether (sulfide) groups is 1. The lowest BCUT2D eigenvalue weighted by Gasteiger charge is -2.26. The number of hydrogen-bond donors (Lipinski definition) is 0. The molecule has 2 aliphatic heterocycles. The zero-order valence-corrected chi connectivity index (χ0v) is 19.6. The van der Waals surface area contributed by atoms with Crippen molar-refractivity contribution in [3.05, 3.63) is 71.4 Å². The van der Waals surface area contributed by atoms with Crippen molar-refractivity contribution in [3.8, 4) is 11.3 Å². The Balaban J connectivity index is 1.53. The molecule has 0 saturated carbocycles. The summed E-state index contributed by atoms with van der Waals surface area (Å²) < 4.78 is 7.59. The predicted octanol–water partition coefficient (Wildman–Crippen LogP) is 6.11. The summed E-state index contributed by atoms with van der Waals surface area (Å²) >= 11 is 1.86. The second-order valence-electron chi connectivity index (χ2n) is 9.08. The maximum Gasteiger partial charge on any atom is 0.183 e. The molecule has 32 heavy (non-hydrogen) atoms. The molecule has 3 unspecified atom stereocenters. The largest absolute Gasteiger partial charge is 0.381 e. The van der Waals surface area contributed by atoms with Crippen LogP contribution in [0.5, 0.6) is 0 Å². The van der Waals surface area contributed by atoms with Gasteiger partial charge in [-0.1, -0.05) is 55.5 Å². The maximum absolute atomic E-state index is 13.6. The summed E-state index contributed by atoms with van der Waals surface area (Å²) in [7, 11) is 1.98. The van der Waals surface area contributed by atoms with Gasteiger partial charge in [0, 0.05) is 48.0 Å². The molecule has 1 saturated heterocycles. The van der Waals surface area contributed by atoms with Crippen molar-refractivity contribution in [2.45, 2.75) is 42.8 Å². The highest BCUT2D eigenvalue weighted by Crippen LogP contribution is 2.51. The molecule has 5 heteroatoms. The van der Waals surface area contributed by atoms with Crippen LogP contribution in [0, 0.1) is 11.8 Å². The molecule has 2 aromatic carbocycles. The standard InChI is InChI=1S/C27H30N2O2S/c1-18-12-14-31-15-13-20(18)17-22(30)26-25-24(16-19-8-4-3-5-9-19)32-23-11-7-6-10-21(23)27(25)29(2)28-26/h3-11,18,20,24H,12-17H2,1-2H3. The average molecular weight is 447 g/mol. The number of ketones is 1. The average Bonchev–Trinajstić information content (AvgIpc) is 3.04. The van der Waals surface area contributed by atoms with Crippen LogP contribution < -0.4 is 0 Å². The molecule has 166 valence electrons. The van der Waals surface area contributed by atoms with Crippen LogP contribution >= 0.6 is 11.8 Å². The number of Topliss-reactive ketones (excluding diaryl/α,β-unsaturated/α-hetero) is 1. The number of carbonyl (C=O) groups is 1. The number of aryl methyl sites for hydroxylation is 1. The van der Waals surface area contributed by atoms with Crippen LogP contribution in [0.15, 0.2) is 59.5 Å². The molecule has 3 atom stereocenters. The molecule has 0 radical (unpaired) electrons. The first-order chi connectivity index (χ1) is 15.6. The number of benzene rings is 2. The predicted molar refractivity (Wildman–Crippen MR) is 129 cm³/mol. The Kier molecular flexibility index (Phi) is 6.20. The fraction of sp³-hybridized carbons (Fsp3) is 0.407. The molecule has 5 rings (SSSR count). The molecule has 3 heterocycles. The van der Waals surface area contributed by atoms with E-state index >= 15 is 0 Å². The number of fused-ring (bicyclic) bond motifs is 3. The molecule has 0 bridgehead atoms. The van der Waals surface area contributed by atoms with Gasteiger partial charge in [0.2, 0.25) is 0 Å². The molecule has 4 nitrogen and oxygen atoms in total. The third-order valence-corrected chi connectivity index (χ3v) is 8.24. The van der Waals surface area contributed by atoms with E-state index in [1.54, 1.807) is 0 Å². The van der Waals surface area contributed by atoms with Gasteiger partial charge < -0.3 is 4.74 Å². The highest BCUT2D eigenvalue weighted by Gasteiger charge is 2.35. The first-order valence-electron chi connectivity index (χ1n) is 11.6. The van der Waals surface area contributed by atoms with Gasteiger partial charge in [-0.05, 0) is 42.7 Å². The molecule has 1 fully saturated rings. The van der Waals surface area contributed by atoms with Gasteiger partial charge in [-0.2, -0.15) is 5.10 Å². The second-order valence-corrected chi connectivity index (χ2v) is 10.3. The third-order valence-electron chi connectivity index (χ3n) is 6.95. The van der Waals surface area contributed by atoms with Crippen molar-refractivity contribution < 1.29 is 9.53 Å². The Morgan fingerprint density at radius 1 is 1.09 bits per heavy atom. The number of carbonyl (C=O) groups excluding carboxylic acids is 1. The van der Waals surface area contributed by atoms with Gasteiger partial charge in [-0.25, -0.2) is 0 Å². The first kappa shape index (κ1) is 21.5. The maximum atomic E-state index is 13.6. The SMILES string of the molecule is CC1CCOCCC1CC(=O)c1nn(C)c2c1C(Cc1ccccc1)Sc1ccccc1-2. The first-order valence-corrected chi connectivity index (χ1v) is 12.5. The minimum absolute atomic E-state index is 0.171. The summed E-state index contributed by atoms with van der Waals surface area (Å²) in [4.78, 5) is 14.9. The molecule has 0 aliphatic carbocycles. The second kappa shape index (κ2) is 9.24. The lowest BCUT2D eigenvalue weighted by Crippen LogP contribution is -2.18. The number of aromatic nitrogens is 2. The molecular weight excluding hydrogens is 416 g/mol. The molecule has 3 aromatic rings. The molecule has 1 aromatic heterocycles. The highest BCUT2D eigenvalue weighted by molar-refractivity contribution is 7.99. The van der Waals surface area contributed by atoms with Crippen molar-refractivity contribution in [2.24, 2.45) is 18.9 Å². The van der Waals surface area contributed by atoms with Crippen LogP contribution in [0.3, 0.4) is 0 Å². The van der Waals surface area contributed by atoms with Crippen molar-refractivity contribution in [2.75, 3.05) is 13.2 Å². The summed E-state index contributed by atoms with van der Waals surface area (Å²) in [5, 5.41) is 4.99. The molecule has 0 N–H and O–H groups in total. The molecule has 2 aliphatic rings. The number of hydrogen-bond acceptors (Lipinski definition) is 4. The lowest BCUT2D eigenvalue weighted by molar-refractivity contribution is 0.0934. The van der Waals surface area contributed by atoms with Crippen LogP contribution in [0.1, 0.15) is 53.1 Å². The summed E-state index contributed by atoms with van der Waals surface area (Å²) in [5.41, 5.74) is 5.35. The van der Waals surface area contributed by atoms with Gasteiger partial charge in [0.15, 0.2) is 5.78 Å².